The predicted octanol–water partition coefficient (Wildman–Crippen LogP) is 3.57. The molecule has 0 aliphatic rings. The van der Waals surface area contributed by atoms with Crippen molar-refractivity contribution in [2.24, 2.45) is 0 Å². The van der Waals surface area contributed by atoms with E-state index in [1.54, 1.807) is 30.3 Å². The maximum absolute atomic E-state index is 12.3. The van der Waals surface area contributed by atoms with Crippen LogP contribution in [0.2, 0.25) is 0 Å². The van der Waals surface area contributed by atoms with E-state index in [9.17, 15) is 13.2 Å². The number of rotatable bonds is 1. The van der Waals surface area contributed by atoms with Crippen LogP contribution >= 0.6 is 0 Å². The lowest BCUT2D eigenvalue weighted by atomic mass is 10.1. The van der Waals surface area contributed by atoms with E-state index in [2.05, 4.69) is 16.6 Å². The Kier molecular flexibility index (Phi) is 3.85. The number of benzene rings is 2. The number of para-hydroxylation sites is 1. The summed E-state index contributed by atoms with van der Waals surface area (Å²) in [7, 11) is 0. The van der Waals surface area contributed by atoms with Gasteiger partial charge in [0.25, 0.3) is 0 Å². The van der Waals surface area contributed by atoms with Crippen LogP contribution in [-0.2, 0) is 0 Å². The number of ether oxygens (including phenoxy) is 1. The van der Waals surface area contributed by atoms with Crippen LogP contribution in [0.5, 0.6) is 5.75 Å². The van der Waals surface area contributed by atoms with E-state index in [1.165, 1.54) is 18.2 Å². The Labute approximate surface area is 114 Å². The van der Waals surface area contributed by atoms with Crippen molar-refractivity contribution < 1.29 is 17.9 Å². The molecule has 2 N–H and O–H groups in total. The van der Waals surface area contributed by atoms with Gasteiger partial charge in [-0.1, -0.05) is 30.0 Å². The summed E-state index contributed by atoms with van der Waals surface area (Å²) < 4.78 is 40.7. The highest BCUT2D eigenvalue weighted by molar-refractivity contribution is 5.52. The Morgan fingerprint density at radius 1 is 0.950 bits per heavy atom. The molecule has 20 heavy (non-hydrogen) atoms. The zero-order valence-corrected chi connectivity index (χ0v) is 10.2. The van der Waals surface area contributed by atoms with Crippen LogP contribution in [-0.4, -0.2) is 6.36 Å². The third kappa shape index (κ3) is 3.95. The standard InChI is InChI=1S/C15H10F3NO/c16-15(17,18)20-14-7-2-1-5-12(14)9-8-11-4-3-6-13(19)10-11/h1-7,10H,19H2. The molecule has 2 nitrogen and oxygen atoms in total. The van der Waals surface area contributed by atoms with Gasteiger partial charge >= 0.3 is 6.36 Å². The Hall–Kier alpha value is -2.61. The maximum atomic E-state index is 12.3. The van der Waals surface area contributed by atoms with Crippen molar-refractivity contribution in [3.8, 4) is 17.6 Å². The van der Waals surface area contributed by atoms with E-state index in [4.69, 9.17) is 5.73 Å². The topological polar surface area (TPSA) is 35.2 Å². The van der Waals surface area contributed by atoms with Crippen molar-refractivity contribution in [3.05, 3.63) is 59.7 Å². The van der Waals surface area contributed by atoms with Crippen LogP contribution in [0.15, 0.2) is 48.5 Å². The molecule has 0 saturated carbocycles. The van der Waals surface area contributed by atoms with E-state index >= 15 is 0 Å². The van der Waals surface area contributed by atoms with E-state index < -0.39 is 6.36 Å². The number of hydrogen-bond acceptors (Lipinski definition) is 2. The third-order valence-corrected chi connectivity index (χ3v) is 2.34. The molecule has 0 atom stereocenters. The average Bonchev–Trinajstić information content (AvgIpc) is 2.36. The van der Waals surface area contributed by atoms with Crippen molar-refractivity contribution in [1.82, 2.24) is 0 Å². The fraction of sp³-hybridized carbons (Fsp3) is 0.0667. The first kappa shape index (κ1) is 13.8. The first-order chi connectivity index (χ1) is 9.44. The van der Waals surface area contributed by atoms with Gasteiger partial charge in [0.1, 0.15) is 5.75 Å². The number of anilines is 1. The lowest BCUT2D eigenvalue weighted by Crippen LogP contribution is -2.17. The molecule has 0 heterocycles. The smallest absolute Gasteiger partial charge is 0.404 e. The largest absolute Gasteiger partial charge is 0.573 e. The molecule has 0 aliphatic carbocycles. The van der Waals surface area contributed by atoms with Gasteiger partial charge in [0.05, 0.1) is 5.56 Å². The number of hydrogen-bond donors (Lipinski definition) is 1. The first-order valence-electron chi connectivity index (χ1n) is 5.66. The normalized spacial score (nSPS) is 10.6. The van der Waals surface area contributed by atoms with Crippen LogP contribution < -0.4 is 10.5 Å². The third-order valence-electron chi connectivity index (χ3n) is 2.34. The van der Waals surface area contributed by atoms with E-state index in [1.807, 2.05) is 0 Å². The molecule has 102 valence electrons. The molecule has 0 bridgehead atoms. The molecule has 0 unspecified atom stereocenters. The van der Waals surface area contributed by atoms with Crippen molar-refractivity contribution in [2.45, 2.75) is 6.36 Å². The van der Waals surface area contributed by atoms with Gasteiger partial charge < -0.3 is 10.5 Å². The second kappa shape index (κ2) is 5.57. The van der Waals surface area contributed by atoms with Crippen molar-refractivity contribution in [3.63, 3.8) is 0 Å². The molecule has 2 aromatic rings. The van der Waals surface area contributed by atoms with Crippen molar-refractivity contribution in [1.29, 1.82) is 0 Å². The predicted molar refractivity (Wildman–Crippen MR) is 70.0 cm³/mol. The lowest BCUT2D eigenvalue weighted by molar-refractivity contribution is -0.274. The highest BCUT2D eigenvalue weighted by Crippen LogP contribution is 2.25. The van der Waals surface area contributed by atoms with Crippen LogP contribution in [0.4, 0.5) is 18.9 Å². The second-order valence-corrected chi connectivity index (χ2v) is 3.92. The summed E-state index contributed by atoms with van der Waals surface area (Å²) in [5, 5.41) is 0. The minimum Gasteiger partial charge on any atom is -0.404 e. The van der Waals surface area contributed by atoms with Crippen molar-refractivity contribution in [2.75, 3.05) is 5.73 Å². The maximum Gasteiger partial charge on any atom is 0.573 e. The van der Waals surface area contributed by atoms with Gasteiger partial charge in [-0.2, -0.15) is 0 Å². The molecular weight excluding hydrogens is 267 g/mol. The zero-order valence-electron chi connectivity index (χ0n) is 10.2. The lowest BCUT2D eigenvalue weighted by Gasteiger charge is -2.09. The molecule has 2 aromatic carbocycles. The molecule has 0 fully saturated rings. The van der Waals surface area contributed by atoms with Gasteiger partial charge in [0, 0.05) is 11.3 Å². The van der Waals surface area contributed by atoms with Gasteiger partial charge in [-0.15, -0.1) is 13.2 Å². The summed E-state index contributed by atoms with van der Waals surface area (Å²) >= 11 is 0. The fourth-order valence-corrected chi connectivity index (χ4v) is 1.54. The van der Waals surface area contributed by atoms with Crippen LogP contribution in [0, 0.1) is 11.8 Å². The van der Waals surface area contributed by atoms with Crippen LogP contribution in [0.1, 0.15) is 11.1 Å². The van der Waals surface area contributed by atoms with Gasteiger partial charge in [-0.05, 0) is 30.3 Å². The van der Waals surface area contributed by atoms with Gasteiger partial charge in [0.2, 0.25) is 0 Å². The minimum absolute atomic E-state index is 0.159. The summed E-state index contributed by atoms with van der Waals surface area (Å²) in [4.78, 5) is 0. The quantitative estimate of drug-likeness (QED) is 0.639. The first-order valence-corrected chi connectivity index (χ1v) is 5.66. The van der Waals surface area contributed by atoms with Gasteiger partial charge in [-0.3, -0.25) is 0 Å². The molecule has 0 aliphatic heterocycles. The number of nitrogen functional groups attached to an aromatic ring is 1. The van der Waals surface area contributed by atoms with Crippen LogP contribution in [0.3, 0.4) is 0 Å². The monoisotopic (exact) mass is 277 g/mol. The molecule has 5 heteroatoms. The van der Waals surface area contributed by atoms with Crippen LogP contribution in [0.25, 0.3) is 0 Å². The Morgan fingerprint density at radius 3 is 2.40 bits per heavy atom. The van der Waals surface area contributed by atoms with E-state index in [0.717, 1.165) is 0 Å². The second-order valence-electron chi connectivity index (χ2n) is 3.92. The molecular formula is C15H10F3NO. The summed E-state index contributed by atoms with van der Waals surface area (Å²) in [5.74, 6) is 5.08. The highest BCUT2D eigenvalue weighted by Gasteiger charge is 2.31. The highest BCUT2D eigenvalue weighted by atomic mass is 19.4. The molecule has 0 saturated heterocycles. The summed E-state index contributed by atoms with van der Waals surface area (Å²) in [6.45, 7) is 0. The molecule has 0 spiro atoms. The van der Waals surface area contributed by atoms with E-state index in [0.29, 0.717) is 11.3 Å². The van der Waals surface area contributed by atoms with Gasteiger partial charge in [-0.25, -0.2) is 0 Å². The molecule has 0 radical (unpaired) electrons. The molecule has 0 aromatic heterocycles. The Balaban J connectivity index is 2.31. The van der Waals surface area contributed by atoms with Crippen molar-refractivity contribution >= 4 is 5.69 Å². The Bertz CT molecular complexity index is 669. The average molecular weight is 277 g/mol. The van der Waals surface area contributed by atoms with Gasteiger partial charge in [0.15, 0.2) is 0 Å². The summed E-state index contributed by atoms with van der Waals surface area (Å²) in [6.07, 6.45) is -4.74. The summed E-state index contributed by atoms with van der Waals surface area (Å²) in [6, 6.07) is 12.5. The number of halogens is 3. The Morgan fingerprint density at radius 2 is 1.70 bits per heavy atom. The van der Waals surface area contributed by atoms with E-state index in [-0.39, 0.29) is 11.3 Å². The molecule has 2 rings (SSSR count). The number of alkyl halides is 3. The zero-order chi connectivity index (χ0) is 14.6. The summed E-state index contributed by atoms with van der Waals surface area (Å²) in [5.41, 5.74) is 6.91. The SMILES string of the molecule is Nc1cccc(C#Cc2ccccc2OC(F)(F)F)c1. The number of nitrogens with two attached hydrogens (primary N) is 1. The molecule has 0 amide bonds. The fourth-order valence-electron chi connectivity index (χ4n) is 1.54. The minimum atomic E-state index is -4.74.